The van der Waals surface area contributed by atoms with Crippen LogP contribution in [0.5, 0.6) is 0 Å². The first-order chi connectivity index (χ1) is 16.9. The van der Waals surface area contributed by atoms with E-state index in [-0.39, 0.29) is 12.2 Å². The van der Waals surface area contributed by atoms with Crippen molar-refractivity contribution in [1.82, 2.24) is 14.7 Å². The number of piperazine rings is 1. The van der Waals surface area contributed by atoms with E-state index in [9.17, 15) is 4.79 Å². The quantitative estimate of drug-likeness (QED) is 0.504. The lowest BCUT2D eigenvalue weighted by molar-refractivity contribution is -0.00285. The zero-order valence-corrected chi connectivity index (χ0v) is 22.7. The van der Waals surface area contributed by atoms with Crippen LogP contribution in [0, 0.1) is 0 Å². The van der Waals surface area contributed by atoms with E-state index in [4.69, 9.17) is 44.5 Å². The molecule has 2 saturated heterocycles. The molecule has 2 aromatic rings. The van der Waals surface area contributed by atoms with Crippen LogP contribution in [0.15, 0.2) is 36.4 Å². The maximum absolute atomic E-state index is 12.0. The maximum atomic E-state index is 12.0. The molecule has 8 nitrogen and oxygen atoms in total. The minimum atomic E-state index is -0.455. The number of nitrogens with two attached hydrogens (primary N) is 2. The summed E-state index contributed by atoms with van der Waals surface area (Å²) in [4.78, 5) is 18.2. The number of halogens is 2. The fraction of sp³-hybridized carbons (Fsp3) is 0.500. The number of benzene rings is 2. The van der Waals surface area contributed by atoms with Gasteiger partial charge in [0.05, 0.1) is 6.10 Å². The number of anilines is 2. The average Bonchev–Trinajstić information content (AvgIpc) is 2.77. The molecule has 4 rings (SSSR count). The molecule has 198 valence electrons. The van der Waals surface area contributed by atoms with Crippen molar-refractivity contribution in [2.45, 2.75) is 45.6 Å². The van der Waals surface area contributed by atoms with Crippen LogP contribution in [-0.4, -0.2) is 76.9 Å². The molecule has 0 bridgehead atoms. The van der Waals surface area contributed by atoms with Crippen molar-refractivity contribution in [1.29, 1.82) is 0 Å². The Labute approximate surface area is 223 Å². The zero-order chi connectivity index (χ0) is 26.5. The number of hydrogen-bond acceptors (Lipinski definition) is 7. The van der Waals surface area contributed by atoms with E-state index < -0.39 is 5.60 Å². The van der Waals surface area contributed by atoms with Crippen LogP contribution in [0.1, 0.15) is 31.9 Å². The first kappa shape index (κ1) is 28.3. The Morgan fingerprint density at radius 1 is 0.917 bits per heavy atom. The SMILES string of the molecule is CC(C)(C)OC(=O)N1CCN(Cc2cc(N)ccc2Cl)CC1.Nc1ccc(Cl)c(CN2CC(O)C2)c1. The maximum Gasteiger partial charge on any atom is 0.410 e. The number of carbonyl (C=O) groups is 1. The van der Waals surface area contributed by atoms with E-state index in [1.54, 1.807) is 17.0 Å². The third-order valence-electron chi connectivity index (χ3n) is 5.89. The number of ether oxygens (including phenoxy) is 1. The number of carbonyl (C=O) groups excluding carboxylic acids is 1. The van der Waals surface area contributed by atoms with Crippen LogP contribution >= 0.6 is 23.2 Å². The summed E-state index contributed by atoms with van der Waals surface area (Å²) in [5.74, 6) is 0. The van der Waals surface area contributed by atoms with Crippen LogP contribution in [0.4, 0.5) is 16.2 Å². The molecule has 0 radical (unpaired) electrons. The van der Waals surface area contributed by atoms with Gasteiger partial charge in [-0.05, 0) is 68.3 Å². The molecule has 2 aliphatic heterocycles. The smallest absolute Gasteiger partial charge is 0.410 e. The van der Waals surface area contributed by atoms with Crippen LogP contribution in [0.2, 0.25) is 10.0 Å². The van der Waals surface area contributed by atoms with Gasteiger partial charge in [-0.3, -0.25) is 9.80 Å². The highest BCUT2D eigenvalue weighted by Crippen LogP contribution is 2.23. The van der Waals surface area contributed by atoms with Crippen LogP contribution in [-0.2, 0) is 17.8 Å². The molecule has 5 N–H and O–H groups in total. The van der Waals surface area contributed by atoms with Gasteiger partial charge in [0, 0.05) is 73.8 Å². The van der Waals surface area contributed by atoms with E-state index in [1.807, 2.05) is 45.0 Å². The van der Waals surface area contributed by atoms with Gasteiger partial charge in [0.15, 0.2) is 0 Å². The second kappa shape index (κ2) is 12.3. The third kappa shape index (κ3) is 8.71. The van der Waals surface area contributed by atoms with Gasteiger partial charge in [0.2, 0.25) is 0 Å². The Balaban J connectivity index is 0.000000221. The lowest BCUT2D eigenvalue weighted by atomic mass is 10.1. The molecule has 0 atom stereocenters. The molecule has 0 aliphatic carbocycles. The van der Waals surface area contributed by atoms with Crippen LogP contribution in [0.25, 0.3) is 0 Å². The van der Waals surface area contributed by atoms with Gasteiger partial charge < -0.3 is 26.2 Å². The lowest BCUT2D eigenvalue weighted by Gasteiger charge is -2.36. The molecule has 2 fully saturated rings. The number of β-amino-alcohol motifs (C(OH)–C–C–N with tert-alkyl or cyclic N) is 1. The summed E-state index contributed by atoms with van der Waals surface area (Å²) >= 11 is 12.2. The summed E-state index contributed by atoms with van der Waals surface area (Å²) in [5, 5.41) is 10.6. The van der Waals surface area contributed by atoms with Crippen molar-refractivity contribution in [3.63, 3.8) is 0 Å². The van der Waals surface area contributed by atoms with Crippen molar-refractivity contribution >= 4 is 40.7 Å². The highest BCUT2D eigenvalue weighted by molar-refractivity contribution is 6.31. The van der Waals surface area contributed by atoms with Crippen LogP contribution < -0.4 is 11.5 Å². The molecule has 1 amide bonds. The van der Waals surface area contributed by atoms with Crippen molar-refractivity contribution in [3.8, 4) is 0 Å². The monoisotopic (exact) mass is 537 g/mol. The zero-order valence-electron chi connectivity index (χ0n) is 21.2. The Morgan fingerprint density at radius 3 is 1.83 bits per heavy atom. The highest BCUT2D eigenvalue weighted by Gasteiger charge is 2.26. The standard InChI is InChI=1S/C16H24ClN3O2.C10H13ClN2O/c1-16(2,3)22-15(21)20-8-6-19(7-9-20)11-12-10-13(18)4-5-14(12)17;11-10-2-1-8(12)3-7(10)4-13-5-9(14)6-13/h4-5,10H,6-9,11,18H2,1-3H3;1-3,9,14H,4-6,12H2. The molecule has 2 aromatic carbocycles. The van der Waals surface area contributed by atoms with Gasteiger partial charge in [-0.1, -0.05) is 23.2 Å². The van der Waals surface area contributed by atoms with Gasteiger partial charge in [0.25, 0.3) is 0 Å². The Bertz CT molecular complexity index is 1030. The molecule has 0 unspecified atom stereocenters. The minimum Gasteiger partial charge on any atom is -0.444 e. The summed E-state index contributed by atoms with van der Waals surface area (Å²) in [6.45, 7) is 11.5. The molecule has 2 aliphatic rings. The van der Waals surface area contributed by atoms with Gasteiger partial charge >= 0.3 is 6.09 Å². The van der Waals surface area contributed by atoms with Crippen LogP contribution in [0.3, 0.4) is 0 Å². The summed E-state index contributed by atoms with van der Waals surface area (Å²) in [5.41, 5.74) is 14.5. The predicted octanol–water partition coefficient (Wildman–Crippen LogP) is 4.07. The number of likely N-dealkylation sites (tertiary alicyclic amines) is 1. The fourth-order valence-electron chi connectivity index (χ4n) is 4.00. The summed E-state index contributed by atoms with van der Waals surface area (Å²) in [6, 6.07) is 11.0. The predicted molar refractivity (Wildman–Crippen MR) is 146 cm³/mol. The number of amides is 1. The van der Waals surface area contributed by atoms with E-state index >= 15 is 0 Å². The molecule has 36 heavy (non-hydrogen) atoms. The van der Waals surface area contributed by atoms with Gasteiger partial charge in [0.1, 0.15) is 5.60 Å². The molecule has 0 saturated carbocycles. The highest BCUT2D eigenvalue weighted by atomic mass is 35.5. The van der Waals surface area contributed by atoms with Gasteiger partial charge in [-0.15, -0.1) is 0 Å². The van der Waals surface area contributed by atoms with E-state index in [0.29, 0.717) is 18.8 Å². The largest absolute Gasteiger partial charge is 0.444 e. The second-order valence-electron chi connectivity index (χ2n) is 10.3. The molecule has 2 heterocycles. The number of nitrogen functional groups attached to an aromatic ring is 2. The normalized spacial score (nSPS) is 17.2. The molecule has 10 heteroatoms. The second-order valence-corrected chi connectivity index (χ2v) is 11.1. The lowest BCUT2D eigenvalue weighted by Crippen LogP contribution is -2.49. The molecular formula is C26H37Cl2N5O3. The van der Waals surface area contributed by atoms with Gasteiger partial charge in [-0.2, -0.15) is 0 Å². The number of hydrogen-bond donors (Lipinski definition) is 3. The van der Waals surface area contributed by atoms with Gasteiger partial charge in [-0.25, -0.2) is 4.79 Å². The van der Waals surface area contributed by atoms with Crippen molar-refractivity contribution < 1.29 is 14.6 Å². The Kier molecular flexibility index (Phi) is 9.72. The first-order valence-corrected chi connectivity index (χ1v) is 12.8. The molecular weight excluding hydrogens is 501 g/mol. The number of aliphatic hydroxyl groups excluding tert-OH is 1. The first-order valence-electron chi connectivity index (χ1n) is 12.1. The third-order valence-corrected chi connectivity index (χ3v) is 6.63. The summed E-state index contributed by atoms with van der Waals surface area (Å²) in [6.07, 6.45) is -0.413. The Morgan fingerprint density at radius 2 is 1.39 bits per heavy atom. The van der Waals surface area contributed by atoms with E-state index in [0.717, 1.165) is 66.1 Å². The number of aliphatic hydroxyl groups is 1. The summed E-state index contributed by atoms with van der Waals surface area (Å²) < 4.78 is 5.40. The summed E-state index contributed by atoms with van der Waals surface area (Å²) in [7, 11) is 0. The van der Waals surface area contributed by atoms with E-state index in [2.05, 4.69) is 9.80 Å². The van der Waals surface area contributed by atoms with E-state index in [1.165, 1.54) is 0 Å². The average molecular weight is 539 g/mol. The van der Waals surface area contributed by atoms with Crippen molar-refractivity contribution in [2.24, 2.45) is 0 Å². The topological polar surface area (TPSA) is 108 Å². The number of nitrogens with zero attached hydrogens (tertiary/aromatic N) is 3. The van der Waals surface area contributed by atoms with Crippen molar-refractivity contribution in [2.75, 3.05) is 50.7 Å². The van der Waals surface area contributed by atoms with Crippen molar-refractivity contribution in [3.05, 3.63) is 57.6 Å². The Hall–Kier alpha value is -2.23. The molecule has 0 aromatic heterocycles. The molecule has 0 spiro atoms. The minimum absolute atomic E-state index is 0.171. The number of rotatable bonds is 4. The fourth-order valence-corrected chi connectivity index (χ4v) is 4.35.